The molecule has 15 heavy (non-hydrogen) atoms. The van der Waals surface area contributed by atoms with Crippen molar-refractivity contribution < 1.29 is 9.15 Å². The largest absolute Gasteiger partial charge is 0.468 e. The maximum atomic E-state index is 5.35. The molecule has 86 valence electrons. The van der Waals surface area contributed by atoms with Crippen molar-refractivity contribution in [3.63, 3.8) is 0 Å². The molecule has 0 saturated heterocycles. The summed E-state index contributed by atoms with van der Waals surface area (Å²) in [6.45, 7) is 7.20. The van der Waals surface area contributed by atoms with Crippen LogP contribution < -0.4 is 5.32 Å². The van der Waals surface area contributed by atoms with Crippen LogP contribution in [-0.4, -0.2) is 19.8 Å². The average Bonchev–Trinajstić information content (AvgIpc) is 2.69. The number of hydrogen-bond acceptors (Lipinski definition) is 3. The van der Waals surface area contributed by atoms with Crippen LogP contribution in [-0.2, 0) is 4.74 Å². The van der Waals surface area contributed by atoms with Gasteiger partial charge < -0.3 is 14.5 Å². The third-order valence-corrected chi connectivity index (χ3v) is 2.58. The van der Waals surface area contributed by atoms with Gasteiger partial charge in [0.25, 0.3) is 0 Å². The topological polar surface area (TPSA) is 34.4 Å². The second-order valence-electron chi connectivity index (χ2n) is 4.21. The van der Waals surface area contributed by atoms with Crippen LogP contribution in [0.2, 0.25) is 0 Å². The lowest BCUT2D eigenvalue weighted by Gasteiger charge is -2.24. The van der Waals surface area contributed by atoms with Crippen molar-refractivity contribution in [1.82, 2.24) is 5.32 Å². The van der Waals surface area contributed by atoms with Crippen molar-refractivity contribution in [2.75, 3.05) is 13.7 Å². The Kier molecular flexibility index (Phi) is 4.85. The van der Waals surface area contributed by atoms with E-state index in [0.717, 1.165) is 12.4 Å². The highest BCUT2D eigenvalue weighted by Gasteiger charge is 2.17. The molecule has 1 unspecified atom stereocenters. The van der Waals surface area contributed by atoms with E-state index in [4.69, 9.17) is 9.15 Å². The normalized spacial score (nSPS) is 15.5. The van der Waals surface area contributed by atoms with E-state index in [1.807, 2.05) is 12.1 Å². The average molecular weight is 211 g/mol. The maximum Gasteiger partial charge on any atom is 0.120 e. The zero-order valence-corrected chi connectivity index (χ0v) is 9.99. The summed E-state index contributed by atoms with van der Waals surface area (Å²) in [7, 11) is 1.73. The fourth-order valence-electron chi connectivity index (χ4n) is 1.55. The summed E-state index contributed by atoms with van der Waals surface area (Å²) >= 11 is 0. The van der Waals surface area contributed by atoms with E-state index in [9.17, 15) is 0 Å². The quantitative estimate of drug-likeness (QED) is 0.785. The SMILES string of the molecule is COCC(N[C@H](C)c1ccco1)C(C)C. The second kappa shape index (κ2) is 5.93. The molecule has 0 amide bonds. The molecule has 1 aromatic heterocycles. The number of ether oxygens (including phenoxy) is 1. The summed E-state index contributed by atoms with van der Waals surface area (Å²) in [5.74, 6) is 1.51. The molecule has 1 rings (SSSR count). The van der Waals surface area contributed by atoms with Crippen LogP contribution in [0.15, 0.2) is 22.8 Å². The van der Waals surface area contributed by atoms with Gasteiger partial charge in [0, 0.05) is 13.2 Å². The van der Waals surface area contributed by atoms with Crippen LogP contribution in [0.1, 0.15) is 32.6 Å². The van der Waals surface area contributed by atoms with Gasteiger partial charge in [-0.25, -0.2) is 0 Å². The summed E-state index contributed by atoms with van der Waals surface area (Å²) in [4.78, 5) is 0. The first kappa shape index (κ1) is 12.3. The van der Waals surface area contributed by atoms with E-state index in [-0.39, 0.29) is 6.04 Å². The molecule has 0 aliphatic rings. The molecule has 0 spiro atoms. The van der Waals surface area contributed by atoms with Gasteiger partial charge in [-0.15, -0.1) is 0 Å². The smallest absolute Gasteiger partial charge is 0.120 e. The van der Waals surface area contributed by atoms with Crippen molar-refractivity contribution in [1.29, 1.82) is 0 Å². The minimum absolute atomic E-state index is 0.225. The first-order valence-corrected chi connectivity index (χ1v) is 5.43. The molecule has 0 aliphatic heterocycles. The first-order chi connectivity index (χ1) is 7.15. The molecule has 3 nitrogen and oxygen atoms in total. The van der Waals surface area contributed by atoms with Crippen LogP contribution in [0.25, 0.3) is 0 Å². The van der Waals surface area contributed by atoms with Crippen molar-refractivity contribution >= 4 is 0 Å². The molecule has 1 N–H and O–H groups in total. The molecule has 3 heteroatoms. The molecule has 0 saturated carbocycles. The highest BCUT2D eigenvalue weighted by atomic mass is 16.5. The number of furan rings is 1. The highest BCUT2D eigenvalue weighted by molar-refractivity contribution is 5.03. The van der Waals surface area contributed by atoms with E-state index >= 15 is 0 Å². The van der Waals surface area contributed by atoms with Gasteiger partial charge in [0.15, 0.2) is 0 Å². The minimum Gasteiger partial charge on any atom is -0.468 e. The van der Waals surface area contributed by atoms with E-state index in [2.05, 4.69) is 26.1 Å². The van der Waals surface area contributed by atoms with Crippen molar-refractivity contribution in [3.05, 3.63) is 24.2 Å². The molecule has 0 aromatic carbocycles. The summed E-state index contributed by atoms with van der Waals surface area (Å²) in [6.07, 6.45) is 1.70. The predicted octanol–water partition coefficient (Wildman–Crippen LogP) is 2.60. The van der Waals surface area contributed by atoms with Crippen LogP contribution in [0.4, 0.5) is 0 Å². The lowest BCUT2D eigenvalue weighted by atomic mass is 10.0. The van der Waals surface area contributed by atoms with Gasteiger partial charge >= 0.3 is 0 Å². The highest BCUT2D eigenvalue weighted by Crippen LogP contribution is 2.15. The van der Waals surface area contributed by atoms with Gasteiger partial charge in [-0.3, -0.25) is 0 Å². The molecule has 0 aliphatic carbocycles. The second-order valence-corrected chi connectivity index (χ2v) is 4.21. The summed E-state index contributed by atoms with van der Waals surface area (Å²) < 4.78 is 10.5. The van der Waals surface area contributed by atoms with Gasteiger partial charge in [0.1, 0.15) is 5.76 Å². The Balaban J connectivity index is 2.50. The Morgan fingerprint density at radius 1 is 1.40 bits per heavy atom. The van der Waals surface area contributed by atoms with Gasteiger partial charge in [-0.2, -0.15) is 0 Å². The van der Waals surface area contributed by atoms with Crippen molar-refractivity contribution in [2.24, 2.45) is 5.92 Å². The van der Waals surface area contributed by atoms with Crippen molar-refractivity contribution in [3.8, 4) is 0 Å². The third-order valence-electron chi connectivity index (χ3n) is 2.58. The van der Waals surface area contributed by atoms with E-state index in [0.29, 0.717) is 12.0 Å². The fourth-order valence-corrected chi connectivity index (χ4v) is 1.55. The number of rotatable bonds is 6. The number of methoxy groups -OCH3 is 1. The molecule has 0 bridgehead atoms. The Morgan fingerprint density at radius 2 is 2.13 bits per heavy atom. The van der Waals surface area contributed by atoms with Crippen LogP contribution in [0.5, 0.6) is 0 Å². The molecule has 2 atom stereocenters. The molecule has 1 aromatic rings. The van der Waals surface area contributed by atoms with Gasteiger partial charge in [0.2, 0.25) is 0 Å². The zero-order valence-electron chi connectivity index (χ0n) is 9.99. The number of hydrogen-bond donors (Lipinski definition) is 1. The minimum atomic E-state index is 0.225. The van der Waals surface area contributed by atoms with Crippen LogP contribution in [0, 0.1) is 5.92 Å². The lowest BCUT2D eigenvalue weighted by molar-refractivity contribution is 0.139. The van der Waals surface area contributed by atoms with Gasteiger partial charge in [-0.05, 0) is 25.0 Å². The van der Waals surface area contributed by atoms with E-state index in [1.54, 1.807) is 13.4 Å². The Labute approximate surface area is 91.8 Å². The van der Waals surface area contributed by atoms with Crippen LogP contribution in [0.3, 0.4) is 0 Å². The Hall–Kier alpha value is -0.800. The van der Waals surface area contributed by atoms with Gasteiger partial charge in [0.05, 0.1) is 18.9 Å². The maximum absolute atomic E-state index is 5.35. The molecule has 1 heterocycles. The van der Waals surface area contributed by atoms with E-state index < -0.39 is 0 Å². The molecular formula is C12H21NO2. The Bertz CT molecular complexity index is 257. The predicted molar refractivity (Wildman–Crippen MR) is 60.8 cm³/mol. The van der Waals surface area contributed by atoms with Crippen LogP contribution >= 0.6 is 0 Å². The molecule has 0 fully saturated rings. The number of nitrogens with one attached hydrogen (secondary N) is 1. The molecule has 0 radical (unpaired) electrons. The molecular weight excluding hydrogens is 190 g/mol. The zero-order chi connectivity index (χ0) is 11.3. The monoisotopic (exact) mass is 211 g/mol. The Morgan fingerprint density at radius 3 is 2.60 bits per heavy atom. The summed E-state index contributed by atoms with van der Waals surface area (Å²) in [6, 6.07) is 4.48. The van der Waals surface area contributed by atoms with E-state index in [1.165, 1.54) is 0 Å². The summed E-state index contributed by atoms with van der Waals surface area (Å²) in [5.41, 5.74) is 0. The fraction of sp³-hybridized carbons (Fsp3) is 0.667. The summed E-state index contributed by atoms with van der Waals surface area (Å²) in [5, 5.41) is 3.50. The van der Waals surface area contributed by atoms with Gasteiger partial charge in [-0.1, -0.05) is 13.8 Å². The standard InChI is InChI=1S/C12H21NO2/c1-9(2)11(8-14-4)13-10(3)12-6-5-7-15-12/h5-7,9-11,13H,8H2,1-4H3/t10-,11?/m1/s1. The first-order valence-electron chi connectivity index (χ1n) is 5.43. The third kappa shape index (κ3) is 3.68. The lowest BCUT2D eigenvalue weighted by Crippen LogP contribution is -2.39. The van der Waals surface area contributed by atoms with Crippen molar-refractivity contribution in [2.45, 2.75) is 32.9 Å².